The van der Waals surface area contributed by atoms with Gasteiger partial charge in [0.05, 0.1) is 16.8 Å². The molecule has 32 heavy (non-hydrogen) atoms. The number of para-hydroxylation sites is 1. The van der Waals surface area contributed by atoms with Gasteiger partial charge in [0.25, 0.3) is 0 Å². The first-order valence-corrected chi connectivity index (χ1v) is 11.0. The van der Waals surface area contributed by atoms with E-state index in [4.69, 9.17) is 4.98 Å². The van der Waals surface area contributed by atoms with Crippen molar-refractivity contribution in [3.63, 3.8) is 0 Å². The summed E-state index contributed by atoms with van der Waals surface area (Å²) >= 11 is 0. The molecule has 4 aromatic rings. The smallest absolute Gasteiger partial charge is 0.209 e. The van der Waals surface area contributed by atoms with Crippen molar-refractivity contribution in [2.24, 2.45) is 7.05 Å². The van der Waals surface area contributed by atoms with Gasteiger partial charge in [-0.1, -0.05) is 78.9 Å². The number of fused-ring (bicyclic) bond motifs is 1. The van der Waals surface area contributed by atoms with Crippen LogP contribution in [0.1, 0.15) is 25.2 Å². The number of rotatable bonds is 4. The second kappa shape index (κ2) is 7.76. The van der Waals surface area contributed by atoms with Gasteiger partial charge in [0, 0.05) is 35.9 Å². The Morgan fingerprint density at radius 3 is 2.03 bits per heavy atom. The Morgan fingerprint density at radius 1 is 0.781 bits per heavy atom. The van der Waals surface area contributed by atoms with Crippen LogP contribution in [0.25, 0.3) is 28.6 Å². The number of imidazole rings is 1. The largest absolute Gasteiger partial charge is 0.327 e. The summed E-state index contributed by atoms with van der Waals surface area (Å²) in [4.78, 5) is 5.08. The molecule has 0 atom stereocenters. The fourth-order valence-electron chi connectivity index (χ4n) is 4.84. The Morgan fingerprint density at radius 2 is 1.38 bits per heavy atom. The highest BCUT2D eigenvalue weighted by Gasteiger charge is 2.42. The van der Waals surface area contributed by atoms with Crippen molar-refractivity contribution in [1.82, 2.24) is 9.55 Å². The van der Waals surface area contributed by atoms with Crippen LogP contribution in [0.3, 0.4) is 0 Å². The van der Waals surface area contributed by atoms with Crippen LogP contribution < -0.4 is 0 Å². The van der Waals surface area contributed by atoms with Crippen LogP contribution in [0.2, 0.25) is 0 Å². The van der Waals surface area contributed by atoms with E-state index in [1.807, 2.05) is 6.07 Å². The predicted octanol–water partition coefficient (Wildman–Crippen LogP) is 6.47. The molecule has 0 saturated carbocycles. The van der Waals surface area contributed by atoms with Gasteiger partial charge in [0.15, 0.2) is 5.71 Å². The average Bonchev–Trinajstić information content (AvgIpc) is 3.25. The van der Waals surface area contributed by atoms with Crippen molar-refractivity contribution >= 4 is 17.5 Å². The molecule has 0 spiro atoms. The van der Waals surface area contributed by atoms with Gasteiger partial charge in [-0.05, 0) is 19.9 Å². The first kappa shape index (κ1) is 20.2. The summed E-state index contributed by atoms with van der Waals surface area (Å²) in [5, 5.41) is 0. The Hall–Kier alpha value is -3.72. The minimum atomic E-state index is -0.0580. The molecular formula is C29H28N3+. The molecule has 0 unspecified atom stereocenters. The van der Waals surface area contributed by atoms with Gasteiger partial charge in [0.1, 0.15) is 12.9 Å². The number of hydrogen-bond donors (Lipinski definition) is 0. The summed E-state index contributed by atoms with van der Waals surface area (Å²) in [6, 6.07) is 29.6. The quantitative estimate of drug-likeness (QED) is 0.348. The minimum absolute atomic E-state index is 0.0580. The van der Waals surface area contributed by atoms with Crippen molar-refractivity contribution in [2.75, 3.05) is 7.05 Å². The van der Waals surface area contributed by atoms with Crippen LogP contribution in [0, 0.1) is 0 Å². The Balaban J connectivity index is 1.62. The molecule has 3 nitrogen and oxygen atoms in total. The number of hydrogen-bond acceptors (Lipinski definition) is 1. The van der Waals surface area contributed by atoms with Crippen LogP contribution in [0.4, 0.5) is 5.69 Å². The van der Waals surface area contributed by atoms with Gasteiger partial charge in [-0.25, -0.2) is 4.98 Å². The Bertz CT molecular complexity index is 1340. The number of nitrogens with zero attached hydrogens (tertiary/aromatic N) is 3. The van der Waals surface area contributed by atoms with E-state index >= 15 is 0 Å². The molecule has 2 heterocycles. The zero-order chi connectivity index (χ0) is 22.3. The van der Waals surface area contributed by atoms with Gasteiger partial charge in [-0.2, -0.15) is 4.58 Å². The van der Waals surface area contributed by atoms with Crippen LogP contribution in [-0.4, -0.2) is 26.9 Å². The van der Waals surface area contributed by atoms with Crippen LogP contribution >= 0.6 is 0 Å². The minimum Gasteiger partial charge on any atom is -0.327 e. The lowest BCUT2D eigenvalue weighted by Crippen LogP contribution is -2.26. The summed E-state index contributed by atoms with van der Waals surface area (Å²) in [7, 11) is 4.25. The maximum absolute atomic E-state index is 5.08. The molecule has 0 N–H and O–H groups in total. The fraction of sp³-hybridized carbons (Fsp3) is 0.172. The third kappa shape index (κ3) is 3.21. The summed E-state index contributed by atoms with van der Waals surface area (Å²) < 4.78 is 4.49. The van der Waals surface area contributed by atoms with E-state index in [1.54, 1.807) is 0 Å². The molecule has 0 bridgehead atoms. The van der Waals surface area contributed by atoms with Gasteiger partial charge in [0.2, 0.25) is 5.69 Å². The third-order valence-corrected chi connectivity index (χ3v) is 6.55. The molecule has 5 rings (SSSR count). The molecule has 0 amide bonds. The first-order valence-electron chi connectivity index (χ1n) is 11.0. The molecule has 0 saturated heterocycles. The predicted molar refractivity (Wildman–Crippen MR) is 133 cm³/mol. The van der Waals surface area contributed by atoms with Crippen LogP contribution in [-0.2, 0) is 12.5 Å². The second-order valence-electron chi connectivity index (χ2n) is 8.88. The molecule has 158 valence electrons. The highest BCUT2D eigenvalue weighted by Crippen LogP contribution is 2.39. The molecule has 1 aliphatic heterocycles. The Kier molecular flexibility index (Phi) is 4.90. The van der Waals surface area contributed by atoms with Gasteiger partial charge in [-0.15, -0.1) is 0 Å². The zero-order valence-corrected chi connectivity index (χ0v) is 19.1. The maximum atomic E-state index is 5.08. The molecule has 1 aromatic heterocycles. The van der Waals surface area contributed by atoms with Gasteiger partial charge < -0.3 is 4.57 Å². The second-order valence-corrected chi connectivity index (χ2v) is 8.88. The summed E-state index contributed by atoms with van der Waals surface area (Å²) in [5.74, 6) is 0.940. The highest BCUT2D eigenvalue weighted by molar-refractivity contribution is 6.05. The molecule has 0 aliphatic carbocycles. The van der Waals surface area contributed by atoms with E-state index in [0.717, 1.165) is 22.8 Å². The molecule has 1 aliphatic rings. The van der Waals surface area contributed by atoms with Crippen molar-refractivity contribution in [2.45, 2.75) is 19.3 Å². The Labute approximate surface area is 190 Å². The fourth-order valence-corrected chi connectivity index (χ4v) is 4.84. The molecule has 0 radical (unpaired) electrons. The van der Waals surface area contributed by atoms with Crippen LogP contribution in [0.5, 0.6) is 0 Å². The SMILES string of the molecule is Cn1c(/C=C/C2=[N+](C)c3ccccc3C2(C)C)nc(-c2ccccc2)c1-c1ccccc1. The summed E-state index contributed by atoms with van der Waals surface area (Å²) in [6.45, 7) is 4.58. The average molecular weight is 419 g/mol. The first-order chi connectivity index (χ1) is 15.5. The van der Waals surface area contributed by atoms with Crippen molar-refractivity contribution < 1.29 is 4.58 Å². The highest BCUT2D eigenvalue weighted by atomic mass is 15.1. The van der Waals surface area contributed by atoms with E-state index in [1.165, 1.54) is 22.5 Å². The number of aromatic nitrogens is 2. The number of allylic oxidation sites excluding steroid dienone is 1. The summed E-state index contributed by atoms with van der Waals surface area (Å²) in [5.41, 5.74) is 8.26. The normalized spacial score (nSPS) is 14.9. The van der Waals surface area contributed by atoms with Crippen molar-refractivity contribution in [3.8, 4) is 22.5 Å². The van der Waals surface area contributed by atoms with Crippen LogP contribution in [0.15, 0.2) is 91.0 Å². The number of benzene rings is 3. The van der Waals surface area contributed by atoms with Gasteiger partial charge >= 0.3 is 0 Å². The topological polar surface area (TPSA) is 20.8 Å². The van der Waals surface area contributed by atoms with Crippen molar-refractivity contribution in [1.29, 1.82) is 0 Å². The zero-order valence-electron chi connectivity index (χ0n) is 19.1. The monoisotopic (exact) mass is 418 g/mol. The van der Waals surface area contributed by atoms with Crippen molar-refractivity contribution in [3.05, 3.63) is 102 Å². The lowest BCUT2D eigenvalue weighted by atomic mass is 9.81. The lowest BCUT2D eigenvalue weighted by molar-refractivity contribution is -0.401. The molecular weight excluding hydrogens is 390 g/mol. The van der Waals surface area contributed by atoms with E-state index in [-0.39, 0.29) is 5.41 Å². The van der Waals surface area contributed by atoms with E-state index in [9.17, 15) is 0 Å². The molecule has 3 heteroatoms. The lowest BCUT2D eigenvalue weighted by Gasteiger charge is -2.15. The molecule has 3 aromatic carbocycles. The molecule has 0 fully saturated rings. The maximum Gasteiger partial charge on any atom is 0.209 e. The van der Waals surface area contributed by atoms with Gasteiger partial charge in [-0.3, -0.25) is 0 Å². The standard InChI is InChI=1S/C29H28N3/c1-29(2)23-17-11-12-18-24(23)31(3)25(29)19-20-26-30-27(21-13-7-5-8-14-21)28(32(26)4)22-15-9-6-10-16-22/h5-20H,1-4H3/q+1. The third-order valence-electron chi connectivity index (χ3n) is 6.55. The van der Waals surface area contributed by atoms with E-state index < -0.39 is 0 Å². The summed E-state index contributed by atoms with van der Waals surface area (Å²) in [6.07, 6.45) is 4.38. The van der Waals surface area contributed by atoms with E-state index in [0.29, 0.717) is 0 Å². The van der Waals surface area contributed by atoms with E-state index in [2.05, 4.69) is 128 Å².